The molecule has 0 saturated carbocycles. The summed E-state index contributed by atoms with van der Waals surface area (Å²) in [6, 6.07) is 7.02. The zero-order valence-electron chi connectivity index (χ0n) is 12.1. The smallest absolute Gasteiger partial charge is 0.123 e. The number of benzene rings is 1. The molecule has 0 aliphatic rings. The Morgan fingerprint density at radius 2 is 2.21 bits per heavy atom. The maximum atomic E-state index is 13.2. The van der Waals surface area contributed by atoms with Crippen LogP contribution in [0.5, 0.6) is 0 Å². The molecule has 0 fully saturated rings. The van der Waals surface area contributed by atoms with E-state index in [9.17, 15) is 4.39 Å². The molecular weight excluding hydrogens is 257 g/mol. The van der Waals surface area contributed by atoms with Gasteiger partial charge in [-0.2, -0.15) is 11.8 Å². The van der Waals surface area contributed by atoms with Crippen molar-refractivity contribution in [2.24, 2.45) is 5.92 Å². The quantitative estimate of drug-likeness (QED) is 0.648. The zero-order chi connectivity index (χ0) is 13.9. The van der Waals surface area contributed by atoms with Crippen molar-refractivity contribution >= 4 is 11.8 Å². The lowest BCUT2D eigenvalue weighted by atomic mass is 9.95. The molecule has 0 aliphatic carbocycles. The molecule has 0 bridgehead atoms. The molecular formula is C16H26FNS. The van der Waals surface area contributed by atoms with E-state index in [2.05, 4.69) is 18.5 Å². The predicted molar refractivity (Wildman–Crippen MR) is 84.4 cm³/mol. The minimum Gasteiger partial charge on any atom is -0.316 e. The molecule has 1 N–H and O–H groups in total. The zero-order valence-corrected chi connectivity index (χ0v) is 12.9. The maximum Gasteiger partial charge on any atom is 0.123 e. The van der Waals surface area contributed by atoms with Gasteiger partial charge in [0.25, 0.3) is 0 Å². The first-order valence-electron chi connectivity index (χ1n) is 7.20. The molecule has 1 aromatic rings. The van der Waals surface area contributed by atoms with Gasteiger partial charge >= 0.3 is 0 Å². The van der Waals surface area contributed by atoms with Gasteiger partial charge in [-0.25, -0.2) is 4.39 Å². The van der Waals surface area contributed by atoms with E-state index >= 15 is 0 Å². The van der Waals surface area contributed by atoms with Crippen LogP contribution in [0.4, 0.5) is 4.39 Å². The van der Waals surface area contributed by atoms with Gasteiger partial charge in [-0.15, -0.1) is 0 Å². The number of thioether (sulfide) groups is 1. The minimum absolute atomic E-state index is 0.123. The summed E-state index contributed by atoms with van der Waals surface area (Å²) >= 11 is 1.90. The Morgan fingerprint density at radius 3 is 2.89 bits per heavy atom. The molecule has 0 aromatic heterocycles. The maximum absolute atomic E-state index is 13.2. The molecule has 0 aliphatic heterocycles. The summed E-state index contributed by atoms with van der Waals surface area (Å²) in [5.74, 6) is 1.70. The van der Waals surface area contributed by atoms with Gasteiger partial charge < -0.3 is 5.32 Å². The number of hydrogen-bond donors (Lipinski definition) is 1. The number of nitrogens with one attached hydrogen (secondary N) is 1. The largest absolute Gasteiger partial charge is 0.316 e. The van der Waals surface area contributed by atoms with Gasteiger partial charge in [0.1, 0.15) is 5.82 Å². The molecule has 1 aromatic carbocycles. The van der Waals surface area contributed by atoms with Crippen LogP contribution in [0.2, 0.25) is 0 Å². The Hall–Kier alpha value is -0.540. The van der Waals surface area contributed by atoms with E-state index in [-0.39, 0.29) is 5.82 Å². The van der Waals surface area contributed by atoms with Crippen molar-refractivity contribution < 1.29 is 4.39 Å². The van der Waals surface area contributed by atoms with E-state index in [1.54, 1.807) is 6.07 Å². The highest BCUT2D eigenvalue weighted by molar-refractivity contribution is 7.98. The monoisotopic (exact) mass is 283 g/mol. The first-order chi connectivity index (χ1) is 9.26. The third kappa shape index (κ3) is 7.58. The predicted octanol–water partition coefficient (Wildman–Crippen LogP) is 4.13. The van der Waals surface area contributed by atoms with Crippen LogP contribution in [0.1, 0.15) is 31.7 Å². The number of halogens is 1. The van der Waals surface area contributed by atoms with Crippen molar-refractivity contribution in [2.45, 2.75) is 32.6 Å². The van der Waals surface area contributed by atoms with Crippen molar-refractivity contribution in [3.05, 3.63) is 35.6 Å². The summed E-state index contributed by atoms with van der Waals surface area (Å²) in [4.78, 5) is 0. The standard InChI is InChI=1S/C16H26FNS/c1-3-9-18-13-15(7-5-10-19-2)11-14-6-4-8-16(17)12-14/h4,6,8,12,15,18H,3,5,7,9-11,13H2,1-2H3. The second-order valence-electron chi connectivity index (χ2n) is 5.04. The summed E-state index contributed by atoms with van der Waals surface area (Å²) in [5, 5.41) is 3.50. The SMILES string of the molecule is CCCNCC(CCCSC)Cc1cccc(F)c1. The van der Waals surface area contributed by atoms with Gasteiger partial charge in [0.05, 0.1) is 0 Å². The first-order valence-corrected chi connectivity index (χ1v) is 8.59. The summed E-state index contributed by atoms with van der Waals surface area (Å²) in [7, 11) is 0. The van der Waals surface area contributed by atoms with Gasteiger partial charge in [-0.1, -0.05) is 19.1 Å². The molecule has 0 saturated heterocycles. The van der Waals surface area contributed by atoms with Gasteiger partial charge in [0.15, 0.2) is 0 Å². The summed E-state index contributed by atoms with van der Waals surface area (Å²) in [5.41, 5.74) is 1.12. The van der Waals surface area contributed by atoms with E-state index in [0.29, 0.717) is 5.92 Å². The van der Waals surface area contributed by atoms with Gasteiger partial charge in [-0.05, 0) is 74.4 Å². The van der Waals surface area contributed by atoms with Crippen LogP contribution in [0.25, 0.3) is 0 Å². The van der Waals surface area contributed by atoms with E-state index in [4.69, 9.17) is 0 Å². The Balaban J connectivity index is 2.46. The highest BCUT2D eigenvalue weighted by atomic mass is 32.2. The molecule has 1 atom stereocenters. The van der Waals surface area contributed by atoms with Crippen LogP contribution in [0.3, 0.4) is 0 Å². The second kappa shape index (κ2) is 10.3. The van der Waals surface area contributed by atoms with Gasteiger partial charge in [-0.3, -0.25) is 0 Å². The molecule has 1 nitrogen and oxygen atoms in total. The van der Waals surface area contributed by atoms with Crippen molar-refractivity contribution in [3.8, 4) is 0 Å². The lowest BCUT2D eigenvalue weighted by Crippen LogP contribution is -2.25. The average Bonchev–Trinajstić information content (AvgIpc) is 2.39. The number of rotatable bonds is 10. The molecule has 1 rings (SSSR count). The normalized spacial score (nSPS) is 12.6. The molecule has 0 radical (unpaired) electrons. The third-order valence-corrected chi connectivity index (χ3v) is 3.93. The lowest BCUT2D eigenvalue weighted by Gasteiger charge is -2.17. The van der Waals surface area contributed by atoms with Gasteiger partial charge in [0, 0.05) is 0 Å². The van der Waals surface area contributed by atoms with Crippen LogP contribution in [0.15, 0.2) is 24.3 Å². The van der Waals surface area contributed by atoms with Crippen LogP contribution in [-0.2, 0) is 6.42 Å². The number of hydrogen-bond acceptors (Lipinski definition) is 2. The van der Waals surface area contributed by atoms with Crippen molar-refractivity contribution in [1.29, 1.82) is 0 Å². The molecule has 3 heteroatoms. The van der Waals surface area contributed by atoms with Crippen LogP contribution >= 0.6 is 11.8 Å². The van der Waals surface area contributed by atoms with Crippen LogP contribution in [0, 0.1) is 11.7 Å². The Kier molecular flexibility index (Phi) is 8.93. The first kappa shape index (κ1) is 16.5. The molecule has 0 spiro atoms. The molecule has 0 heterocycles. The average molecular weight is 283 g/mol. The fraction of sp³-hybridized carbons (Fsp3) is 0.625. The van der Waals surface area contributed by atoms with Crippen molar-refractivity contribution in [1.82, 2.24) is 5.32 Å². The fourth-order valence-corrected chi connectivity index (χ4v) is 2.73. The highest BCUT2D eigenvalue weighted by Gasteiger charge is 2.09. The summed E-state index contributed by atoms with van der Waals surface area (Å²) in [6.07, 6.45) is 6.75. The molecule has 19 heavy (non-hydrogen) atoms. The molecule has 0 amide bonds. The van der Waals surface area contributed by atoms with E-state index in [1.165, 1.54) is 24.7 Å². The molecule has 108 valence electrons. The van der Waals surface area contributed by atoms with Crippen molar-refractivity contribution in [3.63, 3.8) is 0 Å². The Bertz CT molecular complexity index is 333. The van der Waals surface area contributed by atoms with E-state index in [0.717, 1.165) is 31.5 Å². The van der Waals surface area contributed by atoms with Crippen LogP contribution < -0.4 is 5.32 Å². The summed E-state index contributed by atoms with van der Waals surface area (Å²) in [6.45, 7) is 4.29. The topological polar surface area (TPSA) is 12.0 Å². The van der Waals surface area contributed by atoms with Gasteiger partial charge in [0.2, 0.25) is 0 Å². The van der Waals surface area contributed by atoms with E-state index < -0.39 is 0 Å². The Labute approximate surface area is 121 Å². The Morgan fingerprint density at radius 1 is 1.37 bits per heavy atom. The molecule has 1 unspecified atom stereocenters. The third-order valence-electron chi connectivity index (χ3n) is 3.23. The fourth-order valence-electron chi connectivity index (χ4n) is 2.27. The minimum atomic E-state index is -0.123. The van der Waals surface area contributed by atoms with Crippen molar-refractivity contribution in [2.75, 3.05) is 25.1 Å². The summed E-state index contributed by atoms with van der Waals surface area (Å²) < 4.78 is 13.2. The lowest BCUT2D eigenvalue weighted by molar-refractivity contribution is 0.439. The second-order valence-corrected chi connectivity index (χ2v) is 6.02. The highest BCUT2D eigenvalue weighted by Crippen LogP contribution is 2.16. The van der Waals surface area contributed by atoms with Crippen LogP contribution in [-0.4, -0.2) is 25.1 Å². The van der Waals surface area contributed by atoms with E-state index in [1.807, 2.05) is 23.9 Å².